The summed E-state index contributed by atoms with van der Waals surface area (Å²) in [4.78, 5) is 39.1. The largest absolute Gasteiger partial charge is 0.497 e. The molecule has 466 valence electrons. The quantitative estimate of drug-likeness (QED) is 0.0854. The molecular weight excluding hydrogens is 1210 g/mol. The van der Waals surface area contributed by atoms with Crippen molar-refractivity contribution < 1.29 is 44.5 Å². The molecule has 0 saturated carbocycles. The summed E-state index contributed by atoms with van der Waals surface area (Å²) >= 11 is 3.37. The Morgan fingerprint density at radius 3 is 1.35 bits per heavy atom. The van der Waals surface area contributed by atoms with Gasteiger partial charge in [-0.2, -0.15) is 8.61 Å². The van der Waals surface area contributed by atoms with Gasteiger partial charge in [-0.05, 0) is 121 Å². The number of aromatic nitrogens is 4. The predicted molar refractivity (Wildman–Crippen MR) is 347 cm³/mol. The summed E-state index contributed by atoms with van der Waals surface area (Å²) in [7, 11) is -7.10. The van der Waals surface area contributed by atoms with Crippen LogP contribution in [0.3, 0.4) is 0 Å². The first-order valence-corrected chi connectivity index (χ1v) is 38.6. The topological polar surface area (TPSA) is 206 Å². The van der Waals surface area contributed by atoms with E-state index in [-0.39, 0.29) is 39.5 Å². The van der Waals surface area contributed by atoms with Crippen LogP contribution in [0, 0.1) is 0 Å². The van der Waals surface area contributed by atoms with Crippen LogP contribution in [-0.2, 0) is 51.3 Å². The summed E-state index contributed by atoms with van der Waals surface area (Å²) in [6.07, 6.45) is 11.7. The smallest absolute Gasteiger partial charge is 0.486 e. The first-order valence-electron chi connectivity index (χ1n) is 28.3. The molecule has 5 heterocycles. The Kier molecular flexibility index (Phi) is 23.9. The second kappa shape index (κ2) is 28.6. The zero-order chi connectivity index (χ0) is 62.9. The molecule has 3 fully saturated rings. The van der Waals surface area contributed by atoms with Crippen molar-refractivity contribution in [1.29, 1.82) is 0 Å². The number of anilines is 2. The van der Waals surface area contributed by atoms with Crippen molar-refractivity contribution in [2.24, 2.45) is 0 Å². The van der Waals surface area contributed by atoms with Crippen LogP contribution in [-0.4, -0.2) is 172 Å². The van der Waals surface area contributed by atoms with Gasteiger partial charge < -0.3 is 46.6 Å². The number of methoxy groups -OCH3 is 2. The third-order valence-electron chi connectivity index (χ3n) is 16.5. The lowest BCUT2D eigenvalue weighted by atomic mass is 9.90. The van der Waals surface area contributed by atoms with Crippen molar-refractivity contribution >= 4 is 77.4 Å². The fourth-order valence-electron chi connectivity index (χ4n) is 8.33. The average Bonchev–Trinajstić information content (AvgIpc) is 2.39. The minimum atomic E-state index is -3.27. The van der Waals surface area contributed by atoms with E-state index >= 15 is 0 Å². The molecule has 0 spiro atoms. The Morgan fingerprint density at radius 1 is 0.607 bits per heavy atom. The number of sulfonamides is 2. The van der Waals surface area contributed by atoms with Gasteiger partial charge in [-0.25, -0.2) is 26.8 Å². The summed E-state index contributed by atoms with van der Waals surface area (Å²) in [5.74, 6) is 4.12. The highest BCUT2D eigenvalue weighted by Gasteiger charge is 2.50. The van der Waals surface area contributed by atoms with Crippen molar-refractivity contribution in [3.63, 3.8) is 0 Å². The van der Waals surface area contributed by atoms with E-state index in [1.165, 1.54) is 21.1 Å². The maximum absolute atomic E-state index is 13.5. The van der Waals surface area contributed by atoms with Gasteiger partial charge in [0.05, 0.1) is 69.9 Å². The maximum atomic E-state index is 13.5. The van der Waals surface area contributed by atoms with E-state index in [1.807, 2.05) is 82.5 Å². The van der Waals surface area contributed by atoms with Gasteiger partial charge in [-0.3, -0.25) is 9.59 Å². The number of ether oxygens (including phenoxy) is 2. The SMILES string of the molecule is CC1(C)OB(/C=C/CO[Si](C)(C)C(C)(C)C)OC1(C)C.COc1ccc(Cn2cc(/C=C/CO[Si](C)(C)C(C)(C)C)nc(N3CCN(S(C)(=O)=O)CC3)c2=O)cc1.COc1ccc(Cn2cc(Br)nc(N3CCN(S(C)(=O)=O)CC3)c2=O)cc1. The molecule has 0 amide bonds. The molecule has 0 N–H and O–H groups in total. The van der Waals surface area contributed by atoms with Crippen LogP contribution < -0.4 is 30.4 Å². The highest BCUT2D eigenvalue weighted by atomic mass is 79.9. The van der Waals surface area contributed by atoms with Gasteiger partial charge >= 0.3 is 7.12 Å². The zero-order valence-corrected chi connectivity index (χ0v) is 58.0. The van der Waals surface area contributed by atoms with Gasteiger partial charge in [-0.1, -0.05) is 83.9 Å². The van der Waals surface area contributed by atoms with Gasteiger partial charge in [0.25, 0.3) is 11.1 Å². The number of hydrogen-bond acceptors (Lipinski definition) is 16. The maximum Gasteiger partial charge on any atom is 0.486 e. The van der Waals surface area contributed by atoms with E-state index in [2.05, 4.69) is 121 Å². The van der Waals surface area contributed by atoms with E-state index in [0.717, 1.165) is 22.6 Å². The van der Waals surface area contributed by atoms with E-state index < -0.39 is 36.7 Å². The Morgan fingerprint density at radius 2 is 0.976 bits per heavy atom. The second-order valence-corrected chi connectivity index (χ2v) is 39.7. The molecular formula is C58H92BBrN8O12S2Si2. The summed E-state index contributed by atoms with van der Waals surface area (Å²) in [6.45, 7) is 35.4. The first kappa shape index (κ1) is 70.3. The molecule has 2 aromatic heterocycles. The van der Waals surface area contributed by atoms with Crippen molar-refractivity contribution in [3.05, 3.63) is 121 Å². The van der Waals surface area contributed by atoms with E-state index in [4.69, 9.17) is 27.6 Å². The van der Waals surface area contributed by atoms with Crippen molar-refractivity contribution in [1.82, 2.24) is 27.7 Å². The van der Waals surface area contributed by atoms with Crippen LogP contribution in [0.25, 0.3) is 6.08 Å². The molecule has 2 aromatic carbocycles. The van der Waals surface area contributed by atoms with E-state index in [1.54, 1.807) is 35.7 Å². The molecule has 0 bridgehead atoms. The Bertz CT molecular complexity index is 3230. The van der Waals surface area contributed by atoms with Crippen molar-refractivity contribution in [2.45, 2.75) is 130 Å². The number of hydrogen-bond donors (Lipinski definition) is 0. The fraction of sp³-hybridized carbons (Fsp3) is 0.586. The second-order valence-electron chi connectivity index (χ2n) is 25.3. The summed E-state index contributed by atoms with van der Waals surface area (Å²) in [5, 5.41) is 0.358. The highest BCUT2D eigenvalue weighted by Crippen LogP contribution is 2.39. The van der Waals surface area contributed by atoms with Gasteiger partial charge in [0.15, 0.2) is 28.3 Å². The van der Waals surface area contributed by atoms with E-state index in [9.17, 15) is 26.4 Å². The molecule has 0 radical (unpaired) electrons. The number of nitrogens with zero attached hydrogens (tertiary/aromatic N) is 8. The van der Waals surface area contributed by atoms with E-state index in [0.29, 0.717) is 101 Å². The van der Waals surface area contributed by atoms with Crippen LogP contribution in [0.5, 0.6) is 11.5 Å². The molecule has 84 heavy (non-hydrogen) atoms. The monoisotopic (exact) mass is 1300 g/mol. The number of piperazine rings is 2. The third-order valence-corrected chi connectivity index (χ3v) is 28.5. The minimum Gasteiger partial charge on any atom is -0.497 e. The minimum absolute atomic E-state index is 0.117. The molecule has 7 rings (SSSR count). The summed E-state index contributed by atoms with van der Waals surface area (Å²) < 4.78 is 88.4. The normalized spacial score (nSPS) is 17.5. The molecule has 3 aliphatic heterocycles. The number of halogens is 1. The van der Waals surface area contributed by atoms with Crippen LogP contribution in [0.2, 0.25) is 36.3 Å². The molecule has 3 saturated heterocycles. The Balaban J connectivity index is 0.000000242. The fourth-order valence-corrected chi connectivity index (χ4v) is 12.3. The Labute approximate surface area is 511 Å². The lowest BCUT2D eigenvalue weighted by Crippen LogP contribution is -2.50. The van der Waals surface area contributed by atoms with Gasteiger partial charge in [0.1, 0.15) is 16.1 Å². The van der Waals surface area contributed by atoms with Crippen LogP contribution in [0.15, 0.2) is 93.2 Å². The third kappa shape index (κ3) is 19.5. The zero-order valence-electron chi connectivity index (χ0n) is 52.8. The van der Waals surface area contributed by atoms with Gasteiger partial charge in [-0.15, -0.1) is 0 Å². The van der Waals surface area contributed by atoms with Crippen molar-refractivity contribution in [3.8, 4) is 11.5 Å². The van der Waals surface area contributed by atoms with Crippen molar-refractivity contribution in [2.75, 3.05) is 102 Å². The summed E-state index contributed by atoms with van der Waals surface area (Å²) in [5.41, 5.74) is 1.60. The number of rotatable bonds is 18. The van der Waals surface area contributed by atoms with Crippen LogP contribution in [0.4, 0.5) is 11.6 Å². The van der Waals surface area contributed by atoms with Gasteiger partial charge in [0, 0.05) is 64.8 Å². The Hall–Kier alpha value is -4.48. The van der Waals surface area contributed by atoms with Crippen LogP contribution >= 0.6 is 15.9 Å². The van der Waals surface area contributed by atoms with Gasteiger partial charge in [0.2, 0.25) is 20.0 Å². The standard InChI is InChI=1S/C26H40N4O5SSi.C17H21BrN4O4S.C15H31BO3Si/c1-26(2,3)37(6,7)35-18-8-9-22-20-29(19-21-10-12-23(34-4)13-11-21)25(31)24(27-22)28-14-16-30(17-15-28)36(5,32)33;1-26-14-5-3-13(4-6-14)11-21-12-15(18)19-16(17(21)23)20-7-9-22(10-8-20)27(2,24)25;1-13(2,3)20(8,9)17-12-10-11-16-18-14(4,5)15(6,7)19-16/h8-13,20H,14-19H2,1-7H3;3-6,12H,7-11H2,1-2H3;10-11H,12H2,1-9H3/b9-8+;;11-10+. The summed E-state index contributed by atoms with van der Waals surface area (Å²) in [6, 6.07) is 15.1. The first-order chi connectivity index (χ1) is 38.8. The molecule has 0 atom stereocenters. The predicted octanol–water partition coefficient (Wildman–Crippen LogP) is 8.76. The average molecular weight is 1300 g/mol. The molecule has 20 nitrogen and oxygen atoms in total. The molecule has 4 aromatic rings. The lowest BCUT2D eigenvalue weighted by molar-refractivity contribution is 0.00578. The lowest BCUT2D eigenvalue weighted by Gasteiger charge is -2.35. The molecule has 3 aliphatic rings. The van der Waals surface area contributed by atoms with Crippen LogP contribution in [0.1, 0.15) is 86.1 Å². The molecule has 0 aliphatic carbocycles. The molecule has 26 heteroatoms. The molecule has 0 unspecified atom stereocenters. The number of benzene rings is 2. The highest BCUT2D eigenvalue weighted by molar-refractivity contribution is 9.10.